The van der Waals surface area contributed by atoms with Crippen molar-refractivity contribution in [2.75, 3.05) is 0 Å². The maximum atomic E-state index is 11.9. The maximum absolute atomic E-state index is 11.9. The van der Waals surface area contributed by atoms with Gasteiger partial charge in [-0.15, -0.1) is 0 Å². The number of aliphatic hydroxyl groups excluding tert-OH is 1. The molecule has 1 aliphatic carbocycles. The van der Waals surface area contributed by atoms with Crippen molar-refractivity contribution in [3.05, 3.63) is 29.8 Å². The summed E-state index contributed by atoms with van der Waals surface area (Å²) in [6.07, 6.45) is -1.000. The van der Waals surface area contributed by atoms with Crippen molar-refractivity contribution in [3.63, 3.8) is 0 Å². The van der Waals surface area contributed by atoms with Gasteiger partial charge in [0.25, 0.3) is 0 Å². The second-order valence-electron chi connectivity index (χ2n) is 5.93. The van der Waals surface area contributed by atoms with Gasteiger partial charge in [0.15, 0.2) is 17.1 Å². The number of aromatic hydroxyl groups is 2. The molecule has 0 spiro atoms. The number of esters is 2. The third-order valence-electron chi connectivity index (χ3n) is 4.16. The minimum atomic E-state index is -1.73. The summed E-state index contributed by atoms with van der Waals surface area (Å²) in [6.45, 7) is 0. The topological polar surface area (TPSA) is 134 Å². The molecule has 2 bridgehead atoms. The largest absolute Gasteiger partial charge is 0.504 e. The number of fused-ring (bicyclic) bond motifs is 2. The summed E-state index contributed by atoms with van der Waals surface area (Å²) in [5.74, 6) is -2.22. The zero-order valence-electron chi connectivity index (χ0n) is 12.5. The molecule has 1 heterocycles. The second-order valence-corrected chi connectivity index (χ2v) is 5.93. The lowest BCUT2D eigenvalue weighted by Crippen LogP contribution is -2.50. The van der Waals surface area contributed by atoms with E-state index in [9.17, 15) is 30.0 Å². The molecule has 0 radical (unpaired) electrons. The van der Waals surface area contributed by atoms with Crippen LogP contribution in [0, 0.1) is 0 Å². The smallest absolute Gasteiger partial charge is 0.338 e. The molecule has 128 valence electrons. The summed E-state index contributed by atoms with van der Waals surface area (Å²) >= 11 is 0. The van der Waals surface area contributed by atoms with Crippen LogP contribution in [0.5, 0.6) is 11.5 Å². The van der Waals surface area contributed by atoms with Crippen molar-refractivity contribution in [2.24, 2.45) is 0 Å². The molecule has 1 aromatic rings. The Hall–Kier alpha value is -2.58. The van der Waals surface area contributed by atoms with Gasteiger partial charge in [-0.1, -0.05) is 6.07 Å². The van der Waals surface area contributed by atoms with Gasteiger partial charge in [-0.25, -0.2) is 9.59 Å². The highest BCUT2D eigenvalue weighted by molar-refractivity contribution is 5.87. The Morgan fingerprint density at radius 2 is 2.04 bits per heavy atom. The van der Waals surface area contributed by atoms with Gasteiger partial charge in [-0.2, -0.15) is 0 Å². The Balaban J connectivity index is 1.65. The SMILES string of the molecule is O=C(/C=C/c1ccc(O)c(O)c1)O[C@@H]1C[C@@]2(O)C[C@H](OC2=O)C1O. The molecular weight excluding hydrogens is 320 g/mol. The van der Waals surface area contributed by atoms with Crippen LogP contribution in [0.2, 0.25) is 0 Å². The summed E-state index contributed by atoms with van der Waals surface area (Å²) in [5.41, 5.74) is -1.29. The quantitative estimate of drug-likeness (QED) is 0.340. The zero-order valence-corrected chi connectivity index (χ0v) is 12.5. The van der Waals surface area contributed by atoms with Crippen molar-refractivity contribution in [1.29, 1.82) is 0 Å². The molecule has 4 N–H and O–H groups in total. The van der Waals surface area contributed by atoms with Crippen LogP contribution in [-0.4, -0.2) is 56.3 Å². The average Bonchev–Trinajstić information content (AvgIpc) is 2.78. The number of ether oxygens (including phenoxy) is 2. The Bertz CT molecular complexity index is 712. The maximum Gasteiger partial charge on any atom is 0.338 e. The second kappa shape index (κ2) is 5.81. The third-order valence-corrected chi connectivity index (χ3v) is 4.16. The first-order valence-electron chi connectivity index (χ1n) is 7.31. The molecule has 2 aliphatic rings. The fraction of sp³-hybridized carbons (Fsp3) is 0.375. The Morgan fingerprint density at radius 3 is 2.75 bits per heavy atom. The van der Waals surface area contributed by atoms with Gasteiger partial charge in [-0.05, 0) is 23.8 Å². The van der Waals surface area contributed by atoms with Gasteiger partial charge in [0, 0.05) is 18.9 Å². The number of rotatable bonds is 3. The van der Waals surface area contributed by atoms with Crippen LogP contribution >= 0.6 is 0 Å². The molecule has 8 nitrogen and oxygen atoms in total. The number of phenols is 2. The predicted octanol–water partition coefficient (Wildman–Crippen LogP) is -0.166. The molecule has 1 saturated heterocycles. The molecule has 1 aliphatic heterocycles. The van der Waals surface area contributed by atoms with E-state index in [0.717, 1.165) is 6.08 Å². The van der Waals surface area contributed by atoms with Crippen LogP contribution < -0.4 is 0 Å². The molecule has 24 heavy (non-hydrogen) atoms. The van der Waals surface area contributed by atoms with Crippen LogP contribution in [0.15, 0.2) is 24.3 Å². The number of aliphatic hydroxyl groups is 2. The number of carbonyl (C=O) groups excluding carboxylic acids is 2. The van der Waals surface area contributed by atoms with Gasteiger partial charge in [0.05, 0.1) is 0 Å². The summed E-state index contributed by atoms with van der Waals surface area (Å²) in [7, 11) is 0. The number of hydrogen-bond donors (Lipinski definition) is 4. The Labute approximate surface area is 136 Å². The van der Waals surface area contributed by atoms with Crippen LogP contribution in [0.1, 0.15) is 18.4 Å². The average molecular weight is 336 g/mol. The summed E-state index contributed by atoms with van der Waals surface area (Å²) in [6, 6.07) is 4.00. The number of hydrogen-bond acceptors (Lipinski definition) is 8. The first-order chi connectivity index (χ1) is 11.3. The van der Waals surface area contributed by atoms with Gasteiger partial charge < -0.3 is 29.9 Å². The molecule has 0 amide bonds. The highest BCUT2D eigenvalue weighted by Crippen LogP contribution is 2.39. The van der Waals surface area contributed by atoms with E-state index in [1.165, 1.54) is 24.3 Å². The van der Waals surface area contributed by atoms with Gasteiger partial charge in [-0.3, -0.25) is 0 Å². The first kappa shape index (κ1) is 16.3. The van der Waals surface area contributed by atoms with E-state index >= 15 is 0 Å². The molecule has 2 fully saturated rings. The zero-order chi connectivity index (χ0) is 17.5. The fourth-order valence-electron chi connectivity index (χ4n) is 2.86. The monoisotopic (exact) mass is 336 g/mol. The van der Waals surface area contributed by atoms with Crippen LogP contribution in [0.4, 0.5) is 0 Å². The lowest BCUT2D eigenvalue weighted by molar-refractivity contribution is -0.162. The molecule has 1 saturated carbocycles. The lowest BCUT2D eigenvalue weighted by atomic mass is 9.82. The van der Waals surface area contributed by atoms with E-state index in [1.807, 2.05) is 0 Å². The van der Waals surface area contributed by atoms with Gasteiger partial charge in [0.1, 0.15) is 18.3 Å². The highest BCUT2D eigenvalue weighted by Gasteiger charge is 2.58. The summed E-state index contributed by atoms with van der Waals surface area (Å²) in [5, 5.41) is 38.7. The molecular formula is C16H16O8. The Morgan fingerprint density at radius 1 is 1.29 bits per heavy atom. The molecule has 1 aromatic carbocycles. The standard InChI is InChI=1S/C16H16O8/c17-9-3-1-8(5-10(9)18)2-4-13(19)23-11-6-16(22)7-12(14(11)20)24-15(16)21/h1-5,11-12,14,17-18,20,22H,6-7H2/b4-2+/t11-,12+,14?,16-/m1/s1. The predicted molar refractivity (Wildman–Crippen MR) is 78.8 cm³/mol. The fourth-order valence-corrected chi connectivity index (χ4v) is 2.86. The molecule has 8 heteroatoms. The Kier molecular flexibility index (Phi) is 3.94. The molecule has 4 atom stereocenters. The van der Waals surface area contributed by atoms with Crippen molar-refractivity contribution < 1.29 is 39.5 Å². The minimum Gasteiger partial charge on any atom is -0.504 e. The van der Waals surface area contributed by atoms with Crippen molar-refractivity contribution in [1.82, 2.24) is 0 Å². The van der Waals surface area contributed by atoms with Gasteiger partial charge in [0.2, 0.25) is 0 Å². The number of carbonyl (C=O) groups is 2. The molecule has 0 aromatic heterocycles. The van der Waals surface area contributed by atoms with Crippen molar-refractivity contribution in [2.45, 2.75) is 36.8 Å². The van der Waals surface area contributed by atoms with Crippen LogP contribution in [0.25, 0.3) is 6.08 Å². The van der Waals surface area contributed by atoms with Gasteiger partial charge >= 0.3 is 11.9 Å². The highest BCUT2D eigenvalue weighted by atomic mass is 16.6. The van der Waals surface area contributed by atoms with E-state index in [0.29, 0.717) is 5.56 Å². The van der Waals surface area contributed by atoms with E-state index in [4.69, 9.17) is 9.47 Å². The van der Waals surface area contributed by atoms with Crippen molar-refractivity contribution >= 4 is 18.0 Å². The first-order valence-corrected chi connectivity index (χ1v) is 7.31. The van der Waals surface area contributed by atoms with E-state index in [2.05, 4.69) is 0 Å². The number of phenolic OH excluding ortho intramolecular Hbond substituents is 2. The number of benzene rings is 1. The van der Waals surface area contributed by atoms with Crippen LogP contribution in [-0.2, 0) is 19.1 Å². The normalized spacial score (nSPS) is 31.9. The van der Waals surface area contributed by atoms with E-state index < -0.39 is 35.9 Å². The minimum absolute atomic E-state index is 0.0241. The lowest BCUT2D eigenvalue weighted by Gasteiger charge is -2.32. The van der Waals surface area contributed by atoms with Crippen LogP contribution in [0.3, 0.4) is 0 Å². The van der Waals surface area contributed by atoms with E-state index in [1.54, 1.807) is 0 Å². The summed E-state index contributed by atoms with van der Waals surface area (Å²) < 4.78 is 9.96. The molecule has 3 rings (SSSR count). The van der Waals surface area contributed by atoms with Crippen molar-refractivity contribution in [3.8, 4) is 11.5 Å². The van der Waals surface area contributed by atoms with E-state index in [-0.39, 0.29) is 24.3 Å². The molecule has 1 unspecified atom stereocenters. The third kappa shape index (κ3) is 2.93. The summed E-state index contributed by atoms with van der Waals surface area (Å²) in [4.78, 5) is 23.4.